The first-order chi connectivity index (χ1) is 9.88. The highest BCUT2D eigenvalue weighted by Crippen LogP contribution is 2.17. The van der Waals surface area contributed by atoms with Gasteiger partial charge in [-0.15, -0.1) is 6.42 Å². The van der Waals surface area contributed by atoms with Crippen LogP contribution >= 0.6 is 0 Å². The molecule has 4 heteroatoms. The standard InChI is InChI=1S/C16H23N3O/c1-2-11-17-16(19-14-7-4-3-5-8-14)18-12-10-15-9-6-13-20-15/h1,6,9,13-14H,3-5,7-8,10-12H2,(H2,17,18,19). The molecule has 1 aliphatic rings. The van der Waals surface area contributed by atoms with Gasteiger partial charge in [-0.05, 0) is 25.0 Å². The lowest BCUT2D eigenvalue weighted by Gasteiger charge is -2.24. The number of aliphatic imine (C=N–C) groups is 1. The average molecular weight is 273 g/mol. The first-order valence-electron chi connectivity index (χ1n) is 7.39. The summed E-state index contributed by atoms with van der Waals surface area (Å²) in [5.41, 5.74) is 0. The van der Waals surface area contributed by atoms with Crippen molar-refractivity contribution in [1.82, 2.24) is 10.6 Å². The van der Waals surface area contributed by atoms with Crippen LogP contribution in [0, 0.1) is 12.3 Å². The molecule has 0 unspecified atom stereocenters. The predicted molar refractivity (Wildman–Crippen MR) is 81.6 cm³/mol. The lowest BCUT2D eigenvalue weighted by Crippen LogP contribution is -2.44. The second-order valence-corrected chi connectivity index (χ2v) is 5.10. The molecule has 0 spiro atoms. The lowest BCUT2D eigenvalue weighted by atomic mass is 9.96. The molecule has 1 heterocycles. The van der Waals surface area contributed by atoms with E-state index in [0.717, 1.165) is 18.1 Å². The van der Waals surface area contributed by atoms with Gasteiger partial charge in [0.15, 0.2) is 5.96 Å². The summed E-state index contributed by atoms with van der Waals surface area (Å²) in [6, 6.07) is 4.39. The first kappa shape index (κ1) is 14.5. The van der Waals surface area contributed by atoms with Gasteiger partial charge in [0.05, 0.1) is 12.8 Å². The second-order valence-electron chi connectivity index (χ2n) is 5.10. The Morgan fingerprint density at radius 3 is 2.95 bits per heavy atom. The lowest BCUT2D eigenvalue weighted by molar-refractivity contribution is 0.410. The van der Waals surface area contributed by atoms with E-state index in [2.05, 4.69) is 21.5 Å². The van der Waals surface area contributed by atoms with Gasteiger partial charge in [0.25, 0.3) is 0 Å². The van der Waals surface area contributed by atoms with Crippen molar-refractivity contribution in [1.29, 1.82) is 0 Å². The van der Waals surface area contributed by atoms with E-state index in [-0.39, 0.29) is 0 Å². The number of guanidine groups is 1. The van der Waals surface area contributed by atoms with Crippen LogP contribution in [0.3, 0.4) is 0 Å². The molecule has 1 saturated carbocycles. The van der Waals surface area contributed by atoms with Crippen molar-refractivity contribution >= 4 is 5.96 Å². The number of nitrogens with one attached hydrogen (secondary N) is 2. The Bertz CT molecular complexity index is 439. The second kappa shape index (κ2) is 8.31. The Kier molecular flexibility index (Phi) is 6.04. The normalized spacial score (nSPS) is 16.6. The zero-order valence-electron chi connectivity index (χ0n) is 11.9. The molecule has 0 bridgehead atoms. The molecule has 108 valence electrons. The number of rotatable bonds is 5. The van der Waals surface area contributed by atoms with Crippen molar-refractivity contribution < 1.29 is 4.42 Å². The SMILES string of the molecule is C#CCNC(=NCCc1ccco1)NC1CCCCC1. The molecule has 0 amide bonds. The van der Waals surface area contributed by atoms with E-state index in [1.165, 1.54) is 32.1 Å². The van der Waals surface area contributed by atoms with Gasteiger partial charge >= 0.3 is 0 Å². The largest absolute Gasteiger partial charge is 0.469 e. The molecule has 1 aliphatic carbocycles. The number of nitrogens with zero attached hydrogens (tertiary/aromatic N) is 1. The van der Waals surface area contributed by atoms with Crippen LogP contribution in [0.4, 0.5) is 0 Å². The highest BCUT2D eigenvalue weighted by atomic mass is 16.3. The van der Waals surface area contributed by atoms with Crippen LogP contribution in [-0.4, -0.2) is 25.1 Å². The molecule has 0 radical (unpaired) electrons. The first-order valence-corrected chi connectivity index (χ1v) is 7.39. The molecule has 4 nitrogen and oxygen atoms in total. The Hall–Kier alpha value is -1.89. The summed E-state index contributed by atoms with van der Waals surface area (Å²) >= 11 is 0. The van der Waals surface area contributed by atoms with Gasteiger partial charge < -0.3 is 15.1 Å². The van der Waals surface area contributed by atoms with E-state index >= 15 is 0 Å². The summed E-state index contributed by atoms with van der Waals surface area (Å²) in [7, 11) is 0. The van der Waals surface area contributed by atoms with E-state index in [0.29, 0.717) is 19.1 Å². The number of hydrogen-bond acceptors (Lipinski definition) is 2. The third-order valence-corrected chi connectivity index (χ3v) is 3.51. The smallest absolute Gasteiger partial charge is 0.192 e. The Morgan fingerprint density at radius 1 is 1.40 bits per heavy atom. The minimum absolute atomic E-state index is 0.499. The fraction of sp³-hybridized carbons (Fsp3) is 0.562. The highest BCUT2D eigenvalue weighted by molar-refractivity contribution is 5.80. The molecular formula is C16H23N3O. The molecule has 0 aromatic carbocycles. The summed E-state index contributed by atoms with van der Waals surface area (Å²) < 4.78 is 5.30. The summed E-state index contributed by atoms with van der Waals surface area (Å²) in [6.07, 6.45) is 14.2. The third-order valence-electron chi connectivity index (χ3n) is 3.51. The fourth-order valence-electron chi connectivity index (χ4n) is 2.46. The van der Waals surface area contributed by atoms with Gasteiger partial charge in [-0.2, -0.15) is 0 Å². The Morgan fingerprint density at radius 2 is 2.25 bits per heavy atom. The molecule has 1 aromatic rings. The maximum absolute atomic E-state index is 5.31. The molecule has 0 atom stereocenters. The molecule has 2 N–H and O–H groups in total. The van der Waals surface area contributed by atoms with Gasteiger partial charge in [-0.1, -0.05) is 25.2 Å². The monoisotopic (exact) mass is 273 g/mol. The number of furan rings is 1. The van der Waals surface area contributed by atoms with Crippen LogP contribution in [-0.2, 0) is 6.42 Å². The van der Waals surface area contributed by atoms with Gasteiger partial charge in [0.2, 0.25) is 0 Å². The van der Waals surface area contributed by atoms with Gasteiger partial charge in [-0.3, -0.25) is 4.99 Å². The zero-order chi connectivity index (χ0) is 14.0. The highest BCUT2D eigenvalue weighted by Gasteiger charge is 2.14. The van der Waals surface area contributed by atoms with E-state index in [4.69, 9.17) is 10.8 Å². The summed E-state index contributed by atoms with van der Waals surface area (Å²) in [4.78, 5) is 4.57. The van der Waals surface area contributed by atoms with Gasteiger partial charge in [0.1, 0.15) is 5.76 Å². The van der Waals surface area contributed by atoms with Crippen LogP contribution in [0.25, 0.3) is 0 Å². The van der Waals surface area contributed by atoms with Crippen molar-refractivity contribution in [3.63, 3.8) is 0 Å². The van der Waals surface area contributed by atoms with Crippen LogP contribution in [0.2, 0.25) is 0 Å². The summed E-state index contributed by atoms with van der Waals surface area (Å²) in [6.45, 7) is 1.19. The zero-order valence-corrected chi connectivity index (χ0v) is 11.9. The molecule has 20 heavy (non-hydrogen) atoms. The molecule has 0 aliphatic heterocycles. The van der Waals surface area contributed by atoms with E-state index in [9.17, 15) is 0 Å². The van der Waals surface area contributed by atoms with E-state index < -0.39 is 0 Å². The third kappa shape index (κ3) is 5.00. The maximum atomic E-state index is 5.31. The van der Waals surface area contributed by atoms with Gasteiger partial charge in [-0.25, -0.2) is 0 Å². The van der Waals surface area contributed by atoms with E-state index in [1.807, 2.05) is 12.1 Å². The van der Waals surface area contributed by atoms with E-state index in [1.54, 1.807) is 6.26 Å². The number of terminal acetylenes is 1. The van der Waals surface area contributed by atoms with Crippen LogP contribution < -0.4 is 10.6 Å². The molecule has 0 saturated heterocycles. The molecule has 2 rings (SSSR count). The molecular weight excluding hydrogens is 250 g/mol. The molecule has 1 aromatic heterocycles. The quantitative estimate of drug-likeness (QED) is 0.492. The molecule has 1 fully saturated rings. The maximum Gasteiger partial charge on any atom is 0.192 e. The van der Waals surface area contributed by atoms with Crippen molar-refractivity contribution in [3.05, 3.63) is 24.2 Å². The topological polar surface area (TPSA) is 49.6 Å². The van der Waals surface area contributed by atoms with Gasteiger partial charge in [0, 0.05) is 19.0 Å². The Labute approximate surface area is 121 Å². The van der Waals surface area contributed by atoms with Crippen LogP contribution in [0.1, 0.15) is 37.9 Å². The van der Waals surface area contributed by atoms with Crippen molar-refractivity contribution in [2.75, 3.05) is 13.1 Å². The van der Waals surface area contributed by atoms with Crippen LogP contribution in [0.5, 0.6) is 0 Å². The minimum atomic E-state index is 0.499. The average Bonchev–Trinajstić information content (AvgIpc) is 2.99. The summed E-state index contributed by atoms with van der Waals surface area (Å²) in [5, 5.41) is 6.65. The Balaban J connectivity index is 1.82. The summed E-state index contributed by atoms with van der Waals surface area (Å²) in [5.74, 6) is 4.37. The fourth-order valence-corrected chi connectivity index (χ4v) is 2.46. The van der Waals surface area contributed by atoms with Crippen molar-refractivity contribution in [2.24, 2.45) is 4.99 Å². The van der Waals surface area contributed by atoms with Crippen LogP contribution in [0.15, 0.2) is 27.8 Å². The minimum Gasteiger partial charge on any atom is -0.469 e. The van der Waals surface area contributed by atoms with Crippen molar-refractivity contribution in [3.8, 4) is 12.3 Å². The van der Waals surface area contributed by atoms with Crippen molar-refractivity contribution in [2.45, 2.75) is 44.6 Å². The predicted octanol–water partition coefficient (Wildman–Crippen LogP) is 2.32. The number of hydrogen-bond donors (Lipinski definition) is 2.